The first kappa shape index (κ1) is 44.8. The highest BCUT2D eigenvalue weighted by molar-refractivity contribution is 6.13. The van der Waals surface area contributed by atoms with Crippen LogP contribution < -0.4 is 0 Å². The molecule has 0 radical (unpaired) electrons. The van der Waals surface area contributed by atoms with E-state index in [1.807, 2.05) is 60.7 Å². The van der Waals surface area contributed by atoms with E-state index in [4.69, 9.17) is 23.1 Å². The zero-order valence-electron chi connectivity index (χ0n) is 40.5. The summed E-state index contributed by atoms with van der Waals surface area (Å²) in [7, 11) is 0. The predicted octanol–water partition coefficient (Wildman–Crippen LogP) is 17.5. The molecule has 76 heavy (non-hydrogen) atoms. The van der Waals surface area contributed by atoms with Crippen molar-refractivity contribution < 1.29 is 0 Å². The van der Waals surface area contributed by atoms with Gasteiger partial charge in [-0.1, -0.05) is 127 Å². The van der Waals surface area contributed by atoms with E-state index >= 15 is 0 Å². The molecular weight excluding hydrogens is 929 g/mol. The Kier molecular flexibility index (Phi) is 10.9. The Hall–Kier alpha value is -11.2. The van der Waals surface area contributed by atoms with Crippen molar-refractivity contribution in [1.82, 2.24) is 19.1 Å². The second-order valence-corrected chi connectivity index (χ2v) is 18.6. The normalized spacial score (nSPS) is 11.1. The average molecular weight is 967 g/mol. The molecule has 10 aromatic carbocycles. The molecule has 0 aliphatic heterocycles. The number of hydrogen-bond acceptors (Lipinski definition) is 4. The first-order chi connectivity index (χ1) is 37.5. The van der Waals surface area contributed by atoms with Crippen molar-refractivity contribution in [2.24, 2.45) is 0 Å². The second kappa shape index (κ2) is 18.5. The summed E-state index contributed by atoms with van der Waals surface area (Å²) in [6, 6.07) is 82.2. The van der Waals surface area contributed by atoms with Crippen molar-refractivity contribution in [2.45, 2.75) is 0 Å². The maximum absolute atomic E-state index is 10.0. The van der Waals surface area contributed by atoms with Crippen LogP contribution in [0.2, 0.25) is 0 Å². The van der Waals surface area contributed by atoms with E-state index in [-0.39, 0.29) is 0 Å². The number of rotatable bonds is 8. The lowest BCUT2D eigenvalue weighted by Crippen LogP contribution is -2.03. The highest BCUT2D eigenvalue weighted by Crippen LogP contribution is 2.44. The van der Waals surface area contributed by atoms with Crippen LogP contribution in [0.5, 0.6) is 0 Å². The van der Waals surface area contributed by atoms with Crippen molar-refractivity contribution >= 4 is 55.0 Å². The number of fused-ring (bicyclic) bond motifs is 6. The molecule has 8 heteroatoms. The summed E-state index contributed by atoms with van der Waals surface area (Å²) in [5.41, 5.74) is 17.0. The van der Waals surface area contributed by atoms with E-state index < -0.39 is 0 Å². The number of aromatic nitrogens is 4. The third-order valence-electron chi connectivity index (χ3n) is 14.2. The van der Waals surface area contributed by atoms with Crippen LogP contribution in [-0.2, 0) is 0 Å². The molecule has 0 atom stereocenters. The zero-order valence-corrected chi connectivity index (χ0v) is 40.5. The maximum Gasteiger partial charge on any atom is 0.189 e. The van der Waals surface area contributed by atoms with Crippen LogP contribution in [0, 0.1) is 35.8 Å². The van der Waals surface area contributed by atoms with E-state index in [1.165, 1.54) is 0 Å². The number of hydrogen-bond donors (Lipinski definition) is 0. The summed E-state index contributed by atoms with van der Waals surface area (Å²) in [5, 5.41) is 24.2. The van der Waals surface area contributed by atoms with Crippen molar-refractivity contribution in [3.8, 4) is 90.8 Å². The van der Waals surface area contributed by atoms with Crippen LogP contribution in [0.1, 0.15) is 11.1 Å². The number of nitriles is 2. The number of nitrogens with zero attached hydrogens (tertiary/aromatic N) is 8. The van der Waals surface area contributed by atoms with Gasteiger partial charge in [0.25, 0.3) is 0 Å². The van der Waals surface area contributed by atoms with Crippen molar-refractivity contribution in [3.63, 3.8) is 0 Å². The molecule has 0 aliphatic rings. The Morgan fingerprint density at radius 1 is 0.342 bits per heavy atom. The molecule has 3 heterocycles. The molecule has 350 valence electrons. The minimum atomic E-state index is 0.382. The van der Waals surface area contributed by atoms with Gasteiger partial charge in [0.05, 0.1) is 70.1 Å². The average Bonchev–Trinajstić information content (AvgIpc) is 4.12. The van der Waals surface area contributed by atoms with E-state index in [0.29, 0.717) is 28.3 Å². The summed E-state index contributed by atoms with van der Waals surface area (Å²) in [6.45, 7) is 15.7. The molecule has 0 aliphatic carbocycles. The fraction of sp³-hybridized carbons (Fsp3) is 0. The van der Waals surface area contributed by atoms with Crippen LogP contribution in [0.15, 0.2) is 231 Å². The third-order valence-corrected chi connectivity index (χ3v) is 14.2. The van der Waals surface area contributed by atoms with Crippen molar-refractivity contribution in [2.75, 3.05) is 0 Å². The predicted molar refractivity (Wildman–Crippen MR) is 305 cm³/mol. The minimum absolute atomic E-state index is 0.382. The Morgan fingerprint density at radius 2 is 0.789 bits per heavy atom. The van der Waals surface area contributed by atoms with Crippen molar-refractivity contribution in [1.29, 1.82) is 10.5 Å². The molecule has 0 bridgehead atoms. The monoisotopic (exact) mass is 966 g/mol. The first-order valence-electron chi connectivity index (χ1n) is 24.6. The molecule has 0 saturated heterocycles. The lowest BCUT2D eigenvalue weighted by atomic mass is 9.97. The minimum Gasteiger partial charge on any atom is -0.309 e. The largest absolute Gasteiger partial charge is 0.309 e. The lowest BCUT2D eigenvalue weighted by Gasteiger charge is -2.20. The smallest absolute Gasteiger partial charge is 0.189 e. The van der Waals surface area contributed by atoms with Crippen molar-refractivity contribution in [3.05, 3.63) is 264 Å². The van der Waals surface area contributed by atoms with Gasteiger partial charge in [-0.05, 0) is 125 Å². The van der Waals surface area contributed by atoms with Gasteiger partial charge < -0.3 is 9.13 Å². The summed E-state index contributed by atoms with van der Waals surface area (Å²) in [4.78, 5) is 18.0. The summed E-state index contributed by atoms with van der Waals surface area (Å²) in [5.74, 6) is 0.579. The van der Waals surface area contributed by atoms with E-state index in [0.717, 1.165) is 116 Å². The van der Waals surface area contributed by atoms with Crippen LogP contribution in [0.25, 0.3) is 132 Å². The standard InChI is InChI=1S/C68H38N8/c1-71-52-33-43(41-69)31-50(35-52)47-25-28-66-58(37-47)59-38-48(51-32-44(42-70)34-53(36-51)72-2)26-29-67(59)76(66)65-30-27-49(68-73-60(45-15-5-3-6-16-45)40-61(74-68)46-17-7-4-8-18-46)39-57(65)56-21-11-14-24-64(56)75-62-22-12-9-19-54(62)55-20-10-13-23-63(55)75/h3-40H. The van der Waals surface area contributed by atoms with Crippen LogP contribution >= 0.6 is 0 Å². The van der Waals surface area contributed by atoms with Crippen LogP contribution in [0.3, 0.4) is 0 Å². The molecule has 0 fully saturated rings. The third kappa shape index (κ3) is 7.68. The topological polar surface area (TPSA) is 91.9 Å². The van der Waals surface area contributed by atoms with Gasteiger partial charge in [0.15, 0.2) is 17.2 Å². The molecule has 0 amide bonds. The molecule has 13 aromatic rings. The molecule has 0 saturated carbocycles. The Morgan fingerprint density at radius 3 is 1.30 bits per heavy atom. The zero-order chi connectivity index (χ0) is 51.3. The molecule has 0 N–H and O–H groups in total. The molecule has 3 aromatic heterocycles. The number of para-hydroxylation sites is 3. The van der Waals surface area contributed by atoms with Gasteiger partial charge in [0, 0.05) is 60.5 Å². The molecule has 0 unspecified atom stereocenters. The lowest BCUT2D eigenvalue weighted by molar-refractivity contribution is 1.15. The second-order valence-electron chi connectivity index (χ2n) is 18.6. The van der Waals surface area contributed by atoms with Gasteiger partial charge in [-0.25, -0.2) is 19.7 Å². The van der Waals surface area contributed by atoms with Gasteiger partial charge in [0.1, 0.15) is 0 Å². The highest BCUT2D eigenvalue weighted by Gasteiger charge is 2.23. The fourth-order valence-corrected chi connectivity index (χ4v) is 10.7. The molecule has 13 rings (SSSR count). The van der Waals surface area contributed by atoms with E-state index in [2.05, 4.69) is 189 Å². The molecule has 8 nitrogen and oxygen atoms in total. The van der Waals surface area contributed by atoms with Gasteiger partial charge in [0.2, 0.25) is 0 Å². The molecule has 0 spiro atoms. The number of benzene rings is 10. The maximum atomic E-state index is 10.0. The van der Waals surface area contributed by atoms with E-state index in [9.17, 15) is 10.5 Å². The SMILES string of the molecule is [C-]#[N+]c1cc(C#N)cc(-c2ccc3c(c2)c2cc(-c4cc(C#N)cc([N+]#[C-])c4)ccc2n3-c2ccc(-c3nc(-c4ccccc4)cc(-c4ccccc4)n3)cc2-c2ccccc2-n2c3ccccc3c3ccccc32)c1. The van der Waals surface area contributed by atoms with Gasteiger partial charge in [-0.15, -0.1) is 0 Å². The highest BCUT2D eigenvalue weighted by atomic mass is 15.0. The Bertz CT molecular complexity index is 4380. The summed E-state index contributed by atoms with van der Waals surface area (Å²) < 4.78 is 4.67. The Balaban J connectivity index is 1.12. The summed E-state index contributed by atoms with van der Waals surface area (Å²) >= 11 is 0. The summed E-state index contributed by atoms with van der Waals surface area (Å²) in [6.07, 6.45) is 0. The van der Waals surface area contributed by atoms with Gasteiger partial charge in [-0.2, -0.15) is 10.5 Å². The van der Waals surface area contributed by atoms with Crippen LogP contribution in [0.4, 0.5) is 11.4 Å². The van der Waals surface area contributed by atoms with Gasteiger partial charge in [-0.3, -0.25) is 0 Å². The quantitative estimate of drug-likeness (QED) is 0.142. The fourth-order valence-electron chi connectivity index (χ4n) is 10.7. The first-order valence-corrected chi connectivity index (χ1v) is 24.6. The van der Waals surface area contributed by atoms with Crippen LogP contribution in [-0.4, -0.2) is 19.1 Å². The molecular formula is C68H38N8. The Labute approximate surface area is 437 Å². The van der Waals surface area contributed by atoms with E-state index in [1.54, 1.807) is 12.1 Å². The van der Waals surface area contributed by atoms with Gasteiger partial charge >= 0.3 is 0 Å².